The summed E-state index contributed by atoms with van der Waals surface area (Å²) in [6.07, 6.45) is 3.39. The van der Waals surface area contributed by atoms with Crippen molar-refractivity contribution in [1.29, 1.82) is 0 Å². The number of carbonyl (C=O) groups excluding carboxylic acids is 1. The second-order valence-electron chi connectivity index (χ2n) is 4.33. The van der Waals surface area contributed by atoms with Crippen LogP contribution in [-0.4, -0.2) is 18.0 Å². The van der Waals surface area contributed by atoms with Gasteiger partial charge < -0.3 is 10.1 Å². The van der Waals surface area contributed by atoms with Gasteiger partial charge >= 0.3 is 0 Å². The zero-order valence-electron chi connectivity index (χ0n) is 11.3. The van der Waals surface area contributed by atoms with Crippen LogP contribution in [0.4, 0.5) is 4.39 Å². The van der Waals surface area contributed by atoms with Crippen LogP contribution in [0.3, 0.4) is 0 Å². The standard InChI is InChI=1S/C15H15FN2O2/c1-10-5-6-17-8-12(10)9-18-15(19)11-3-4-14(20-2)13(16)7-11/h3-8H,9H2,1-2H3,(H,18,19). The Balaban J connectivity index is 2.05. The van der Waals surface area contributed by atoms with Gasteiger partial charge in [-0.3, -0.25) is 9.78 Å². The second kappa shape index (κ2) is 6.14. The number of ether oxygens (including phenoxy) is 1. The summed E-state index contributed by atoms with van der Waals surface area (Å²) in [5, 5.41) is 2.73. The molecule has 2 aromatic rings. The topological polar surface area (TPSA) is 51.2 Å². The minimum absolute atomic E-state index is 0.115. The molecule has 1 aromatic carbocycles. The molecule has 0 aliphatic heterocycles. The minimum Gasteiger partial charge on any atom is -0.494 e. The monoisotopic (exact) mass is 274 g/mol. The Morgan fingerprint density at radius 2 is 2.20 bits per heavy atom. The van der Waals surface area contributed by atoms with Crippen molar-refractivity contribution in [3.8, 4) is 5.75 Å². The number of rotatable bonds is 4. The van der Waals surface area contributed by atoms with Gasteiger partial charge in [0.25, 0.3) is 5.91 Å². The van der Waals surface area contributed by atoms with E-state index in [1.54, 1.807) is 12.4 Å². The molecular weight excluding hydrogens is 259 g/mol. The molecule has 0 bridgehead atoms. The smallest absolute Gasteiger partial charge is 0.251 e. The first kappa shape index (κ1) is 14.0. The number of nitrogens with zero attached hydrogens (tertiary/aromatic N) is 1. The normalized spacial score (nSPS) is 10.2. The Kier molecular flexibility index (Phi) is 4.30. The van der Waals surface area contributed by atoms with Gasteiger partial charge in [0.1, 0.15) is 0 Å². The summed E-state index contributed by atoms with van der Waals surface area (Å²) in [6.45, 7) is 2.29. The third-order valence-electron chi connectivity index (χ3n) is 3.00. The Bertz CT molecular complexity index is 629. The van der Waals surface area contributed by atoms with Gasteiger partial charge in [-0.25, -0.2) is 4.39 Å². The van der Waals surface area contributed by atoms with E-state index in [0.717, 1.165) is 17.2 Å². The van der Waals surface area contributed by atoms with Crippen LogP contribution >= 0.6 is 0 Å². The maximum Gasteiger partial charge on any atom is 0.251 e. The summed E-state index contributed by atoms with van der Waals surface area (Å²) < 4.78 is 18.3. The Hall–Kier alpha value is -2.43. The lowest BCUT2D eigenvalue weighted by Gasteiger charge is -2.08. The third kappa shape index (κ3) is 3.12. The summed E-state index contributed by atoms with van der Waals surface area (Å²) in [4.78, 5) is 15.9. The van der Waals surface area contributed by atoms with Crippen molar-refractivity contribution in [3.05, 3.63) is 59.2 Å². The lowest BCUT2D eigenvalue weighted by atomic mass is 10.1. The van der Waals surface area contributed by atoms with Crippen LogP contribution < -0.4 is 10.1 Å². The average molecular weight is 274 g/mol. The number of carbonyl (C=O) groups is 1. The molecule has 0 fully saturated rings. The van der Waals surface area contributed by atoms with Crippen LogP contribution in [-0.2, 0) is 6.54 Å². The lowest BCUT2D eigenvalue weighted by Crippen LogP contribution is -2.23. The van der Waals surface area contributed by atoms with Crippen LogP contribution in [0.15, 0.2) is 36.7 Å². The number of halogens is 1. The average Bonchev–Trinajstić information content (AvgIpc) is 2.46. The molecule has 104 valence electrons. The van der Waals surface area contributed by atoms with Gasteiger partial charge in [-0.15, -0.1) is 0 Å². The summed E-state index contributed by atoms with van der Waals surface area (Å²) in [5.41, 5.74) is 2.22. The van der Waals surface area contributed by atoms with E-state index in [0.29, 0.717) is 6.54 Å². The molecular formula is C15H15FN2O2. The largest absolute Gasteiger partial charge is 0.494 e. The van der Waals surface area contributed by atoms with Crippen LogP contribution in [0, 0.1) is 12.7 Å². The third-order valence-corrected chi connectivity index (χ3v) is 3.00. The van der Waals surface area contributed by atoms with Gasteiger partial charge in [0.2, 0.25) is 0 Å². The molecule has 1 amide bonds. The maximum absolute atomic E-state index is 13.5. The number of nitrogens with one attached hydrogen (secondary N) is 1. The molecule has 1 aromatic heterocycles. The number of methoxy groups -OCH3 is 1. The summed E-state index contributed by atoms with van der Waals surface area (Å²) in [7, 11) is 1.38. The van der Waals surface area contributed by atoms with Crippen molar-refractivity contribution in [2.75, 3.05) is 7.11 Å². The number of amides is 1. The van der Waals surface area contributed by atoms with Gasteiger partial charge in [0.15, 0.2) is 11.6 Å². The Labute approximate surface area is 116 Å². The molecule has 4 nitrogen and oxygen atoms in total. The Morgan fingerprint density at radius 3 is 2.85 bits per heavy atom. The highest BCUT2D eigenvalue weighted by molar-refractivity contribution is 5.94. The number of hydrogen-bond donors (Lipinski definition) is 1. The molecule has 0 spiro atoms. The fourth-order valence-corrected chi connectivity index (χ4v) is 1.77. The quantitative estimate of drug-likeness (QED) is 0.931. The molecule has 0 aliphatic rings. The molecule has 2 rings (SSSR count). The zero-order valence-corrected chi connectivity index (χ0v) is 11.3. The van der Waals surface area contributed by atoms with Crippen LogP contribution in [0.5, 0.6) is 5.75 Å². The molecule has 0 radical (unpaired) electrons. The van der Waals surface area contributed by atoms with Crippen molar-refractivity contribution < 1.29 is 13.9 Å². The maximum atomic E-state index is 13.5. The number of hydrogen-bond acceptors (Lipinski definition) is 3. The highest BCUT2D eigenvalue weighted by Crippen LogP contribution is 2.17. The van der Waals surface area contributed by atoms with Gasteiger partial charge in [0, 0.05) is 24.5 Å². The van der Waals surface area contributed by atoms with Crippen LogP contribution in [0.1, 0.15) is 21.5 Å². The fourth-order valence-electron chi connectivity index (χ4n) is 1.77. The van der Waals surface area contributed by atoms with E-state index in [2.05, 4.69) is 10.3 Å². The summed E-state index contributed by atoms with van der Waals surface area (Å²) in [5.74, 6) is -0.780. The molecule has 0 atom stereocenters. The molecule has 0 unspecified atom stereocenters. The molecule has 20 heavy (non-hydrogen) atoms. The van der Waals surface area contributed by atoms with Crippen molar-refractivity contribution in [2.45, 2.75) is 13.5 Å². The van der Waals surface area contributed by atoms with E-state index in [1.807, 2.05) is 13.0 Å². The first-order valence-electron chi connectivity index (χ1n) is 6.13. The first-order chi connectivity index (χ1) is 9.61. The molecule has 5 heteroatoms. The van der Waals surface area contributed by atoms with Crippen molar-refractivity contribution in [1.82, 2.24) is 10.3 Å². The van der Waals surface area contributed by atoms with Crippen LogP contribution in [0.2, 0.25) is 0 Å². The predicted molar refractivity (Wildman–Crippen MR) is 73.1 cm³/mol. The van der Waals surface area contributed by atoms with Crippen molar-refractivity contribution >= 4 is 5.91 Å². The second-order valence-corrected chi connectivity index (χ2v) is 4.33. The van der Waals surface area contributed by atoms with E-state index < -0.39 is 5.82 Å². The molecule has 0 aliphatic carbocycles. The van der Waals surface area contributed by atoms with Crippen LogP contribution in [0.25, 0.3) is 0 Å². The molecule has 1 heterocycles. The lowest BCUT2D eigenvalue weighted by molar-refractivity contribution is 0.0950. The number of pyridine rings is 1. The summed E-state index contributed by atoms with van der Waals surface area (Å²) >= 11 is 0. The molecule has 0 saturated heterocycles. The Morgan fingerprint density at radius 1 is 1.40 bits per heavy atom. The number of aryl methyl sites for hydroxylation is 1. The highest BCUT2D eigenvalue weighted by atomic mass is 19.1. The minimum atomic E-state index is -0.558. The SMILES string of the molecule is COc1ccc(C(=O)NCc2cnccc2C)cc1F. The van der Waals surface area contributed by atoms with Gasteiger partial charge in [-0.1, -0.05) is 0 Å². The van der Waals surface area contributed by atoms with E-state index >= 15 is 0 Å². The first-order valence-corrected chi connectivity index (χ1v) is 6.13. The molecule has 0 saturated carbocycles. The fraction of sp³-hybridized carbons (Fsp3) is 0.200. The van der Waals surface area contributed by atoms with E-state index in [9.17, 15) is 9.18 Å². The van der Waals surface area contributed by atoms with E-state index in [-0.39, 0.29) is 17.2 Å². The van der Waals surface area contributed by atoms with E-state index in [4.69, 9.17) is 4.74 Å². The van der Waals surface area contributed by atoms with Crippen molar-refractivity contribution in [2.24, 2.45) is 0 Å². The van der Waals surface area contributed by atoms with Gasteiger partial charge in [-0.2, -0.15) is 0 Å². The predicted octanol–water partition coefficient (Wildman–Crippen LogP) is 2.47. The van der Waals surface area contributed by atoms with Crippen molar-refractivity contribution in [3.63, 3.8) is 0 Å². The van der Waals surface area contributed by atoms with E-state index in [1.165, 1.54) is 19.2 Å². The van der Waals surface area contributed by atoms with Gasteiger partial charge in [0.05, 0.1) is 7.11 Å². The number of benzene rings is 1. The van der Waals surface area contributed by atoms with Gasteiger partial charge in [-0.05, 0) is 42.3 Å². The highest BCUT2D eigenvalue weighted by Gasteiger charge is 2.10. The number of aromatic nitrogens is 1. The summed E-state index contributed by atoms with van der Waals surface area (Å²) in [6, 6.07) is 5.98. The molecule has 1 N–H and O–H groups in total. The zero-order chi connectivity index (χ0) is 14.5.